The first kappa shape index (κ1) is 12.9. The van der Waals surface area contributed by atoms with Gasteiger partial charge in [-0.25, -0.2) is 0 Å². The van der Waals surface area contributed by atoms with Crippen LogP contribution in [0.1, 0.15) is 47.0 Å². The Hall–Kier alpha value is -0.200. The van der Waals surface area contributed by atoms with Crippen LogP contribution in [0.4, 0.5) is 0 Å². The second-order valence-electron chi connectivity index (χ2n) is 5.04. The number of nitrogens with one attached hydrogen (secondary N) is 1. The van der Waals surface area contributed by atoms with Crippen molar-refractivity contribution in [3.8, 4) is 6.07 Å². The molecule has 0 aromatic heterocycles. The van der Waals surface area contributed by atoms with Gasteiger partial charge in [0.2, 0.25) is 0 Å². The molecule has 0 saturated heterocycles. The minimum absolute atomic E-state index is 0.249. The van der Waals surface area contributed by atoms with Crippen molar-refractivity contribution in [3.05, 3.63) is 0 Å². The minimum atomic E-state index is -0.249. The van der Waals surface area contributed by atoms with E-state index in [1.807, 2.05) is 11.8 Å². The lowest BCUT2D eigenvalue weighted by molar-refractivity contribution is 0.386. The van der Waals surface area contributed by atoms with Crippen molar-refractivity contribution in [1.29, 1.82) is 5.26 Å². The van der Waals surface area contributed by atoms with E-state index in [1.54, 1.807) is 0 Å². The first-order chi connectivity index (χ1) is 6.97. The van der Waals surface area contributed by atoms with E-state index < -0.39 is 0 Å². The molecule has 1 aliphatic carbocycles. The van der Waals surface area contributed by atoms with E-state index in [9.17, 15) is 5.26 Å². The predicted octanol–water partition coefficient (Wildman–Crippen LogP) is 2.94. The van der Waals surface area contributed by atoms with Gasteiger partial charge in [-0.05, 0) is 38.4 Å². The van der Waals surface area contributed by atoms with Crippen LogP contribution in [0.2, 0.25) is 0 Å². The van der Waals surface area contributed by atoms with Gasteiger partial charge >= 0.3 is 0 Å². The summed E-state index contributed by atoms with van der Waals surface area (Å²) in [6.45, 7) is 8.68. The van der Waals surface area contributed by atoms with Crippen LogP contribution in [0.5, 0.6) is 0 Å². The third-order valence-corrected chi connectivity index (χ3v) is 4.04. The predicted molar refractivity (Wildman–Crippen MR) is 67.0 cm³/mol. The van der Waals surface area contributed by atoms with Gasteiger partial charge < -0.3 is 0 Å². The Balaban J connectivity index is 2.54. The lowest BCUT2D eigenvalue weighted by Gasteiger charge is -2.25. The van der Waals surface area contributed by atoms with Crippen molar-refractivity contribution >= 4 is 11.8 Å². The van der Waals surface area contributed by atoms with Gasteiger partial charge in [0.15, 0.2) is 0 Å². The fourth-order valence-electron chi connectivity index (χ4n) is 2.32. The van der Waals surface area contributed by atoms with Gasteiger partial charge in [-0.15, -0.1) is 0 Å². The van der Waals surface area contributed by atoms with Gasteiger partial charge in [-0.3, -0.25) is 5.32 Å². The molecule has 1 saturated carbocycles. The van der Waals surface area contributed by atoms with Crippen LogP contribution in [-0.2, 0) is 0 Å². The average molecular weight is 226 g/mol. The Morgan fingerprint density at radius 1 is 1.40 bits per heavy atom. The molecular weight excluding hydrogens is 204 g/mol. The zero-order valence-corrected chi connectivity index (χ0v) is 11.0. The van der Waals surface area contributed by atoms with Crippen molar-refractivity contribution in [1.82, 2.24) is 5.32 Å². The zero-order valence-electron chi connectivity index (χ0n) is 10.2. The molecule has 2 nitrogen and oxygen atoms in total. The summed E-state index contributed by atoms with van der Waals surface area (Å²) in [5.41, 5.74) is -0.249. The second kappa shape index (κ2) is 5.23. The molecule has 1 aliphatic rings. The molecule has 86 valence electrons. The molecule has 0 spiro atoms. The summed E-state index contributed by atoms with van der Waals surface area (Å²) in [5, 5.41) is 14.1. The normalized spacial score (nSPS) is 31.1. The lowest BCUT2D eigenvalue weighted by Crippen LogP contribution is -2.45. The standard InChI is InChI=1S/C12H22N2S/c1-9(2)14-12(8-13)6-5-11(7-12)15-10(3)4/h9-11,14H,5-7H2,1-4H3. The SMILES string of the molecule is CC(C)NC1(C#N)CCC(SC(C)C)C1. The van der Waals surface area contributed by atoms with E-state index in [4.69, 9.17) is 0 Å². The van der Waals surface area contributed by atoms with Gasteiger partial charge in [-0.1, -0.05) is 13.8 Å². The second-order valence-corrected chi connectivity index (χ2v) is 6.92. The molecule has 15 heavy (non-hydrogen) atoms. The molecule has 0 amide bonds. The molecule has 0 heterocycles. The Morgan fingerprint density at radius 3 is 2.53 bits per heavy atom. The molecule has 1 N–H and O–H groups in total. The van der Waals surface area contributed by atoms with Crippen LogP contribution in [0.3, 0.4) is 0 Å². The van der Waals surface area contributed by atoms with Crippen LogP contribution in [-0.4, -0.2) is 22.1 Å². The topological polar surface area (TPSA) is 35.8 Å². The summed E-state index contributed by atoms with van der Waals surface area (Å²) < 4.78 is 0. The van der Waals surface area contributed by atoms with Crippen LogP contribution in [0.25, 0.3) is 0 Å². The summed E-state index contributed by atoms with van der Waals surface area (Å²) in [6.07, 6.45) is 3.19. The first-order valence-electron chi connectivity index (χ1n) is 5.82. The third-order valence-electron chi connectivity index (χ3n) is 2.71. The maximum Gasteiger partial charge on any atom is 0.108 e. The Morgan fingerprint density at radius 2 is 2.07 bits per heavy atom. The van der Waals surface area contributed by atoms with Crippen LogP contribution >= 0.6 is 11.8 Å². The van der Waals surface area contributed by atoms with Crippen molar-refractivity contribution in [2.75, 3.05) is 0 Å². The summed E-state index contributed by atoms with van der Waals surface area (Å²) in [4.78, 5) is 0. The summed E-state index contributed by atoms with van der Waals surface area (Å²) in [6, 6.07) is 2.88. The Kier molecular flexibility index (Phi) is 4.48. The van der Waals surface area contributed by atoms with Gasteiger partial charge in [0.05, 0.1) is 6.07 Å². The van der Waals surface area contributed by atoms with E-state index >= 15 is 0 Å². The van der Waals surface area contributed by atoms with Gasteiger partial charge in [0, 0.05) is 11.3 Å². The number of nitriles is 1. The van der Waals surface area contributed by atoms with Crippen LogP contribution in [0.15, 0.2) is 0 Å². The highest BCUT2D eigenvalue weighted by atomic mass is 32.2. The summed E-state index contributed by atoms with van der Waals surface area (Å²) >= 11 is 2.02. The largest absolute Gasteiger partial charge is 0.297 e. The smallest absolute Gasteiger partial charge is 0.108 e. The fourth-order valence-corrected chi connectivity index (χ4v) is 3.72. The molecule has 1 fully saturated rings. The zero-order chi connectivity index (χ0) is 11.5. The van der Waals surface area contributed by atoms with Crippen LogP contribution in [0, 0.1) is 11.3 Å². The number of nitrogens with zero attached hydrogens (tertiary/aromatic N) is 1. The molecule has 0 radical (unpaired) electrons. The molecule has 3 heteroatoms. The van der Waals surface area contributed by atoms with E-state index in [2.05, 4.69) is 39.1 Å². The summed E-state index contributed by atoms with van der Waals surface area (Å²) in [7, 11) is 0. The highest BCUT2D eigenvalue weighted by molar-refractivity contribution is 8.00. The molecule has 0 aromatic rings. The molecule has 0 bridgehead atoms. The fraction of sp³-hybridized carbons (Fsp3) is 0.917. The first-order valence-corrected chi connectivity index (χ1v) is 6.76. The lowest BCUT2D eigenvalue weighted by atomic mass is 9.99. The molecular formula is C12H22N2S. The molecule has 0 aromatic carbocycles. The molecule has 0 aliphatic heterocycles. The van der Waals surface area contributed by atoms with E-state index in [1.165, 1.54) is 6.42 Å². The quantitative estimate of drug-likeness (QED) is 0.800. The third kappa shape index (κ3) is 3.70. The van der Waals surface area contributed by atoms with Gasteiger partial charge in [0.25, 0.3) is 0 Å². The maximum atomic E-state index is 9.30. The maximum absolute atomic E-state index is 9.30. The molecule has 2 unspecified atom stereocenters. The molecule has 2 atom stereocenters. The number of thioether (sulfide) groups is 1. The molecule has 1 rings (SSSR count). The Bertz CT molecular complexity index is 244. The number of hydrogen-bond donors (Lipinski definition) is 1. The highest BCUT2D eigenvalue weighted by Crippen LogP contribution is 2.38. The van der Waals surface area contributed by atoms with Gasteiger partial charge in [0.1, 0.15) is 5.54 Å². The number of hydrogen-bond acceptors (Lipinski definition) is 3. The number of rotatable bonds is 4. The van der Waals surface area contributed by atoms with Crippen molar-refractivity contribution in [2.45, 2.75) is 69.0 Å². The van der Waals surface area contributed by atoms with Gasteiger partial charge in [-0.2, -0.15) is 17.0 Å². The van der Waals surface area contributed by atoms with Crippen LogP contribution < -0.4 is 5.32 Å². The van der Waals surface area contributed by atoms with Crippen molar-refractivity contribution < 1.29 is 0 Å². The highest BCUT2D eigenvalue weighted by Gasteiger charge is 2.39. The monoisotopic (exact) mass is 226 g/mol. The minimum Gasteiger partial charge on any atom is -0.297 e. The Labute approximate surface area is 97.8 Å². The van der Waals surface area contributed by atoms with Crippen molar-refractivity contribution in [2.24, 2.45) is 0 Å². The van der Waals surface area contributed by atoms with Crippen molar-refractivity contribution in [3.63, 3.8) is 0 Å². The van der Waals surface area contributed by atoms with E-state index in [0.29, 0.717) is 16.5 Å². The average Bonchev–Trinajstić information content (AvgIpc) is 2.47. The van der Waals surface area contributed by atoms with E-state index in [0.717, 1.165) is 12.8 Å². The summed E-state index contributed by atoms with van der Waals surface area (Å²) in [5.74, 6) is 0. The van der Waals surface area contributed by atoms with E-state index in [-0.39, 0.29) is 5.54 Å².